The van der Waals surface area contributed by atoms with E-state index in [0.29, 0.717) is 12.1 Å². The lowest BCUT2D eigenvalue weighted by molar-refractivity contribution is 0.431. The molecule has 0 aliphatic rings. The van der Waals surface area contributed by atoms with Crippen molar-refractivity contribution in [1.82, 2.24) is 9.55 Å². The molecule has 0 radical (unpaired) electrons. The molecule has 110 valence electrons. The molecule has 0 saturated carbocycles. The van der Waals surface area contributed by atoms with Crippen LogP contribution in [-0.2, 0) is 6.42 Å². The van der Waals surface area contributed by atoms with E-state index in [2.05, 4.69) is 4.98 Å². The molecule has 3 rings (SSSR count). The molecule has 3 aromatic rings. The maximum absolute atomic E-state index is 12.0. The van der Waals surface area contributed by atoms with Crippen LogP contribution in [0.2, 0.25) is 0 Å². The topological polar surface area (TPSA) is 75.1 Å². The summed E-state index contributed by atoms with van der Waals surface area (Å²) in [5.41, 5.74) is 1.22. The molecule has 0 aliphatic heterocycles. The van der Waals surface area contributed by atoms with Gasteiger partial charge < -0.3 is 5.11 Å². The summed E-state index contributed by atoms with van der Waals surface area (Å²) in [5.74, 6) is -0.380. The molecule has 0 bridgehead atoms. The van der Waals surface area contributed by atoms with Gasteiger partial charge in [0.25, 0.3) is 5.56 Å². The minimum atomic E-state index is -0.662. The smallest absolute Gasteiger partial charge is 0.335 e. The summed E-state index contributed by atoms with van der Waals surface area (Å²) in [4.78, 5) is 25.4. The zero-order chi connectivity index (χ0) is 15.5. The van der Waals surface area contributed by atoms with Gasteiger partial charge in [0.15, 0.2) is 0 Å². The Labute approximate surface area is 126 Å². The number of aromatic amines is 1. The minimum absolute atomic E-state index is 0.380. The predicted octanol–water partition coefficient (Wildman–Crippen LogP) is 1.82. The zero-order valence-corrected chi connectivity index (χ0v) is 11.7. The third kappa shape index (κ3) is 2.69. The predicted molar refractivity (Wildman–Crippen MR) is 83.6 cm³/mol. The average molecular weight is 294 g/mol. The van der Waals surface area contributed by atoms with Crippen molar-refractivity contribution in [2.75, 3.05) is 0 Å². The Morgan fingerprint density at radius 1 is 0.955 bits per heavy atom. The summed E-state index contributed by atoms with van der Waals surface area (Å²) in [7, 11) is 0. The standard InChI is InChI=1S/C17H14N2O3/c20-15-11-16(21)19(17(22)18-15)14-9-5-4-8-13(14)10-12-6-2-1-3-7-12/h1-9,11,21H,10H2,(H,18,20,22). The summed E-state index contributed by atoms with van der Waals surface area (Å²) in [5, 5.41) is 9.96. The first-order valence-electron chi connectivity index (χ1n) is 6.83. The van der Waals surface area contributed by atoms with E-state index < -0.39 is 11.2 Å². The largest absolute Gasteiger partial charge is 0.494 e. The Kier molecular flexibility index (Phi) is 3.62. The lowest BCUT2D eigenvalue weighted by Crippen LogP contribution is -2.28. The van der Waals surface area contributed by atoms with Gasteiger partial charge in [0.2, 0.25) is 5.88 Å². The highest BCUT2D eigenvalue weighted by Crippen LogP contribution is 2.20. The van der Waals surface area contributed by atoms with Gasteiger partial charge in [0.05, 0.1) is 11.8 Å². The van der Waals surface area contributed by atoms with Gasteiger partial charge in [0.1, 0.15) is 0 Å². The normalized spacial score (nSPS) is 10.5. The molecular formula is C17H14N2O3. The highest BCUT2D eigenvalue weighted by atomic mass is 16.3. The SMILES string of the molecule is O=c1cc(O)n(-c2ccccc2Cc2ccccc2)c(=O)[nH]1. The molecule has 1 aromatic heterocycles. The molecule has 0 spiro atoms. The maximum atomic E-state index is 12.0. The van der Waals surface area contributed by atoms with E-state index in [9.17, 15) is 14.7 Å². The van der Waals surface area contributed by atoms with Crippen molar-refractivity contribution in [3.8, 4) is 11.6 Å². The number of hydrogen-bond donors (Lipinski definition) is 2. The second-order valence-corrected chi connectivity index (χ2v) is 4.92. The zero-order valence-electron chi connectivity index (χ0n) is 11.7. The van der Waals surface area contributed by atoms with Crippen LogP contribution in [0.15, 0.2) is 70.3 Å². The summed E-state index contributed by atoms with van der Waals surface area (Å²) in [6, 6.07) is 18.1. The Hall–Kier alpha value is -3.08. The van der Waals surface area contributed by atoms with E-state index in [1.165, 1.54) is 0 Å². The molecule has 5 nitrogen and oxygen atoms in total. The van der Waals surface area contributed by atoms with Crippen LogP contribution in [0.3, 0.4) is 0 Å². The first-order chi connectivity index (χ1) is 10.6. The van der Waals surface area contributed by atoms with Gasteiger partial charge in [-0.2, -0.15) is 0 Å². The lowest BCUT2D eigenvalue weighted by atomic mass is 10.0. The van der Waals surface area contributed by atoms with Crippen LogP contribution < -0.4 is 11.2 Å². The molecule has 0 atom stereocenters. The molecule has 22 heavy (non-hydrogen) atoms. The second-order valence-electron chi connectivity index (χ2n) is 4.92. The van der Waals surface area contributed by atoms with Crippen LogP contribution in [0.5, 0.6) is 5.88 Å². The number of H-pyrrole nitrogens is 1. The maximum Gasteiger partial charge on any atom is 0.335 e. The highest BCUT2D eigenvalue weighted by Gasteiger charge is 2.11. The number of rotatable bonds is 3. The molecule has 0 amide bonds. The van der Waals surface area contributed by atoms with Gasteiger partial charge in [-0.3, -0.25) is 9.78 Å². The molecule has 1 heterocycles. The Morgan fingerprint density at radius 2 is 1.64 bits per heavy atom. The molecule has 2 N–H and O–H groups in total. The second kappa shape index (κ2) is 5.73. The van der Waals surface area contributed by atoms with E-state index in [0.717, 1.165) is 21.8 Å². The third-order valence-corrected chi connectivity index (χ3v) is 3.39. The van der Waals surface area contributed by atoms with Crippen molar-refractivity contribution >= 4 is 0 Å². The van der Waals surface area contributed by atoms with Gasteiger partial charge in [-0.05, 0) is 23.6 Å². The van der Waals surface area contributed by atoms with Crippen molar-refractivity contribution in [3.63, 3.8) is 0 Å². The fourth-order valence-electron chi connectivity index (χ4n) is 2.41. The van der Waals surface area contributed by atoms with E-state index >= 15 is 0 Å². The monoisotopic (exact) mass is 294 g/mol. The average Bonchev–Trinajstić information content (AvgIpc) is 2.49. The number of aromatic hydroxyl groups is 1. The number of hydrogen-bond acceptors (Lipinski definition) is 3. The number of nitrogens with zero attached hydrogens (tertiary/aromatic N) is 1. The lowest BCUT2D eigenvalue weighted by Gasteiger charge is -2.12. The molecule has 2 aromatic carbocycles. The van der Waals surface area contributed by atoms with Crippen molar-refractivity contribution in [1.29, 1.82) is 0 Å². The van der Waals surface area contributed by atoms with Crippen molar-refractivity contribution in [2.24, 2.45) is 0 Å². The van der Waals surface area contributed by atoms with Crippen molar-refractivity contribution in [3.05, 3.63) is 92.6 Å². The molecule has 5 heteroatoms. The Balaban J connectivity index is 2.14. The van der Waals surface area contributed by atoms with Gasteiger partial charge in [-0.1, -0.05) is 48.5 Å². The minimum Gasteiger partial charge on any atom is -0.494 e. The molecule has 0 fully saturated rings. The van der Waals surface area contributed by atoms with Crippen LogP contribution in [0.25, 0.3) is 5.69 Å². The fraction of sp³-hybridized carbons (Fsp3) is 0.0588. The first kappa shape index (κ1) is 13.9. The van der Waals surface area contributed by atoms with Crippen LogP contribution in [0.4, 0.5) is 0 Å². The van der Waals surface area contributed by atoms with Crippen LogP contribution in [0.1, 0.15) is 11.1 Å². The number of nitrogens with one attached hydrogen (secondary N) is 1. The summed E-state index contributed by atoms with van der Waals surface area (Å²) < 4.78 is 1.10. The van der Waals surface area contributed by atoms with Gasteiger partial charge in [0, 0.05) is 0 Å². The number of para-hydroxylation sites is 1. The summed E-state index contributed by atoms with van der Waals surface area (Å²) >= 11 is 0. The Morgan fingerprint density at radius 3 is 2.36 bits per heavy atom. The van der Waals surface area contributed by atoms with Gasteiger partial charge in [-0.15, -0.1) is 0 Å². The third-order valence-electron chi connectivity index (χ3n) is 3.39. The summed E-state index contributed by atoms with van der Waals surface area (Å²) in [6.45, 7) is 0. The van der Waals surface area contributed by atoms with E-state index in [1.54, 1.807) is 12.1 Å². The molecule has 0 saturated heterocycles. The van der Waals surface area contributed by atoms with Gasteiger partial charge >= 0.3 is 5.69 Å². The number of aromatic nitrogens is 2. The molecule has 0 unspecified atom stereocenters. The quantitative estimate of drug-likeness (QED) is 0.773. The van der Waals surface area contributed by atoms with E-state index in [1.807, 2.05) is 42.5 Å². The molecular weight excluding hydrogens is 280 g/mol. The fourth-order valence-corrected chi connectivity index (χ4v) is 2.41. The number of benzene rings is 2. The van der Waals surface area contributed by atoms with Gasteiger partial charge in [-0.25, -0.2) is 9.36 Å². The first-order valence-corrected chi connectivity index (χ1v) is 6.83. The van der Waals surface area contributed by atoms with Crippen LogP contribution >= 0.6 is 0 Å². The van der Waals surface area contributed by atoms with Crippen molar-refractivity contribution < 1.29 is 5.11 Å². The van der Waals surface area contributed by atoms with E-state index in [-0.39, 0.29) is 5.88 Å². The van der Waals surface area contributed by atoms with Crippen LogP contribution in [-0.4, -0.2) is 14.7 Å². The molecule has 0 aliphatic carbocycles. The van der Waals surface area contributed by atoms with E-state index in [4.69, 9.17) is 0 Å². The van der Waals surface area contributed by atoms with Crippen molar-refractivity contribution in [2.45, 2.75) is 6.42 Å². The van der Waals surface area contributed by atoms with Crippen LogP contribution in [0, 0.1) is 0 Å². The highest BCUT2D eigenvalue weighted by molar-refractivity contribution is 5.45. The Bertz CT molecular complexity index is 911. The summed E-state index contributed by atoms with van der Waals surface area (Å²) in [6.07, 6.45) is 0.613.